The summed E-state index contributed by atoms with van der Waals surface area (Å²) in [5, 5.41) is 12.8. The molecule has 7 heteroatoms. The lowest BCUT2D eigenvalue weighted by molar-refractivity contribution is 0.791. The zero-order valence-corrected chi connectivity index (χ0v) is 12.6. The van der Waals surface area contributed by atoms with Crippen molar-refractivity contribution in [3.05, 3.63) is 52.0 Å². The summed E-state index contributed by atoms with van der Waals surface area (Å²) < 4.78 is 1.55. The maximum Gasteiger partial charge on any atom is 0.188 e. The molecule has 0 fully saturated rings. The van der Waals surface area contributed by atoms with Crippen molar-refractivity contribution >= 4 is 28.9 Å². The average molecular weight is 320 g/mol. The third-order valence-corrected chi connectivity index (χ3v) is 3.65. The summed E-state index contributed by atoms with van der Waals surface area (Å²) in [4.78, 5) is 0. The first-order valence-electron chi connectivity index (χ1n) is 6.16. The van der Waals surface area contributed by atoms with Crippen LogP contribution in [-0.2, 0) is 0 Å². The van der Waals surface area contributed by atoms with Gasteiger partial charge in [-0.1, -0.05) is 29.3 Å². The van der Waals surface area contributed by atoms with Crippen LogP contribution < -0.4 is 5.73 Å². The van der Waals surface area contributed by atoms with Crippen LogP contribution in [0.25, 0.3) is 17.1 Å². The molecule has 1 heterocycles. The van der Waals surface area contributed by atoms with Crippen LogP contribution in [0, 0.1) is 6.92 Å². The van der Waals surface area contributed by atoms with Gasteiger partial charge in [0.05, 0.1) is 15.7 Å². The molecule has 3 aromatic rings. The van der Waals surface area contributed by atoms with E-state index in [-0.39, 0.29) is 0 Å². The number of nitrogens with zero attached hydrogens (tertiary/aromatic N) is 4. The molecule has 0 aliphatic rings. The first-order chi connectivity index (χ1) is 10.1. The molecule has 21 heavy (non-hydrogen) atoms. The maximum atomic E-state index is 6.28. The molecular weight excluding hydrogens is 309 g/mol. The number of rotatable bonds is 2. The Hall–Kier alpha value is -2.11. The van der Waals surface area contributed by atoms with Gasteiger partial charge in [0, 0.05) is 11.3 Å². The molecule has 2 N–H and O–H groups in total. The van der Waals surface area contributed by atoms with Crippen molar-refractivity contribution < 1.29 is 0 Å². The summed E-state index contributed by atoms with van der Waals surface area (Å²) in [6.45, 7) is 1.97. The Morgan fingerprint density at radius 2 is 1.86 bits per heavy atom. The van der Waals surface area contributed by atoms with E-state index >= 15 is 0 Å². The van der Waals surface area contributed by atoms with E-state index in [2.05, 4.69) is 15.5 Å². The van der Waals surface area contributed by atoms with Gasteiger partial charge in [0.15, 0.2) is 5.82 Å². The number of halogens is 2. The van der Waals surface area contributed by atoms with E-state index in [1.165, 1.54) is 0 Å². The first kappa shape index (κ1) is 13.9. The zero-order chi connectivity index (χ0) is 15.0. The van der Waals surface area contributed by atoms with Gasteiger partial charge < -0.3 is 5.73 Å². The smallest absolute Gasteiger partial charge is 0.188 e. The van der Waals surface area contributed by atoms with E-state index in [1.807, 2.05) is 25.1 Å². The number of tetrazole rings is 1. The fourth-order valence-electron chi connectivity index (χ4n) is 2.01. The Labute approximate surface area is 131 Å². The van der Waals surface area contributed by atoms with E-state index in [4.69, 9.17) is 28.9 Å². The highest BCUT2D eigenvalue weighted by atomic mass is 35.5. The molecule has 0 aliphatic heterocycles. The summed E-state index contributed by atoms with van der Waals surface area (Å²) in [6.07, 6.45) is 0. The number of nitrogen functional groups attached to an aromatic ring is 1. The van der Waals surface area contributed by atoms with E-state index in [0.717, 1.165) is 5.56 Å². The van der Waals surface area contributed by atoms with Crippen molar-refractivity contribution in [3.63, 3.8) is 0 Å². The van der Waals surface area contributed by atoms with Gasteiger partial charge in [-0.05, 0) is 53.2 Å². The number of aryl methyl sites for hydroxylation is 1. The van der Waals surface area contributed by atoms with Crippen LogP contribution in [0.2, 0.25) is 10.0 Å². The fourth-order valence-corrected chi connectivity index (χ4v) is 2.60. The van der Waals surface area contributed by atoms with Gasteiger partial charge in [-0.25, -0.2) is 0 Å². The van der Waals surface area contributed by atoms with Gasteiger partial charge >= 0.3 is 0 Å². The minimum absolute atomic E-state index is 0.481. The molecule has 106 valence electrons. The van der Waals surface area contributed by atoms with Crippen LogP contribution in [0.3, 0.4) is 0 Å². The highest BCUT2D eigenvalue weighted by molar-refractivity contribution is 6.33. The molecule has 0 saturated heterocycles. The van der Waals surface area contributed by atoms with Crippen LogP contribution in [0.4, 0.5) is 5.69 Å². The van der Waals surface area contributed by atoms with Gasteiger partial charge in [-0.2, -0.15) is 4.68 Å². The average Bonchev–Trinajstić information content (AvgIpc) is 2.87. The van der Waals surface area contributed by atoms with Crippen molar-refractivity contribution in [2.24, 2.45) is 0 Å². The normalized spacial score (nSPS) is 10.8. The number of benzene rings is 2. The van der Waals surface area contributed by atoms with Crippen molar-refractivity contribution in [1.29, 1.82) is 0 Å². The lowest BCUT2D eigenvalue weighted by Crippen LogP contribution is -2.01. The number of hydrogen-bond acceptors (Lipinski definition) is 4. The minimum atomic E-state index is 0.481. The number of hydrogen-bond donors (Lipinski definition) is 1. The molecule has 0 aliphatic carbocycles. The van der Waals surface area contributed by atoms with Gasteiger partial charge in [-0.15, -0.1) is 5.10 Å². The minimum Gasteiger partial charge on any atom is -0.399 e. The van der Waals surface area contributed by atoms with Gasteiger partial charge in [0.1, 0.15) is 0 Å². The number of aromatic nitrogens is 4. The highest BCUT2D eigenvalue weighted by Crippen LogP contribution is 2.30. The standard InChI is InChI=1S/C14H11Cl2N5/c1-8-2-5-13(12(16)6-8)21-14(18-19-20-21)10-4-3-9(17)7-11(10)15/h2-7H,17H2,1H3. The second-order valence-corrected chi connectivity index (χ2v) is 5.42. The quantitative estimate of drug-likeness (QED) is 0.733. The van der Waals surface area contributed by atoms with Crippen LogP contribution in [0.1, 0.15) is 5.56 Å². The van der Waals surface area contributed by atoms with Crippen LogP contribution in [0.15, 0.2) is 36.4 Å². The Bertz CT molecular complexity index is 747. The summed E-state index contributed by atoms with van der Waals surface area (Å²) in [7, 11) is 0. The second-order valence-electron chi connectivity index (χ2n) is 4.61. The second kappa shape index (κ2) is 5.35. The third-order valence-electron chi connectivity index (χ3n) is 3.03. The molecule has 5 nitrogen and oxygen atoms in total. The van der Waals surface area contributed by atoms with E-state index in [0.29, 0.717) is 32.8 Å². The topological polar surface area (TPSA) is 69.6 Å². The molecule has 0 bridgehead atoms. The molecule has 2 aromatic carbocycles. The summed E-state index contributed by atoms with van der Waals surface area (Å²) in [6, 6.07) is 10.8. The Kier molecular flexibility index (Phi) is 3.53. The molecule has 0 saturated carbocycles. The molecule has 0 unspecified atom stereocenters. The summed E-state index contributed by atoms with van der Waals surface area (Å²) in [5.41, 5.74) is 8.72. The molecule has 3 rings (SSSR count). The molecule has 0 radical (unpaired) electrons. The zero-order valence-electron chi connectivity index (χ0n) is 11.1. The monoisotopic (exact) mass is 319 g/mol. The van der Waals surface area contributed by atoms with Crippen molar-refractivity contribution in [2.45, 2.75) is 6.92 Å². The molecule has 1 aromatic heterocycles. The Balaban J connectivity index is 2.17. The molecule has 0 amide bonds. The summed E-state index contributed by atoms with van der Waals surface area (Å²) in [5.74, 6) is 0.505. The largest absolute Gasteiger partial charge is 0.399 e. The Morgan fingerprint density at radius 3 is 2.57 bits per heavy atom. The fraction of sp³-hybridized carbons (Fsp3) is 0.0714. The van der Waals surface area contributed by atoms with E-state index in [1.54, 1.807) is 22.9 Å². The lowest BCUT2D eigenvalue weighted by Gasteiger charge is -2.08. The lowest BCUT2D eigenvalue weighted by atomic mass is 10.2. The number of anilines is 1. The van der Waals surface area contributed by atoms with Crippen LogP contribution >= 0.6 is 23.2 Å². The first-order valence-corrected chi connectivity index (χ1v) is 6.92. The highest BCUT2D eigenvalue weighted by Gasteiger charge is 2.15. The predicted octanol–water partition coefficient (Wildman–Crippen LogP) is 3.53. The Morgan fingerprint density at radius 1 is 1.05 bits per heavy atom. The third kappa shape index (κ3) is 2.57. The molecule has 0 atom stereocenters. The van der Waals surface area contributed by atoms with Crippen molar-refractivity contribution in [1.82, 2.24) is 20.2 Å². The number of nitrogens with two attached hydrogens (primary N) is 1. The predicted molar refractivity (Wildman–Crippen MR) is 83.8 cm³/mol. The molecule has 0 spiro atoms. The van der Waals surface area contributed by atoms with Crippen molar-refractivity contribution in [3.8, 4) is 17.1 Å². The summed E-state index contributed by atoms with van der Waals surface area (Å²) >= 11 is 12.5. The van der Waals surface area contributed by atoms with E-state index in [9.17, 15) is 0 Å². The van der Waals surface area contributed by atoms with Crippen molar-refractivity contribution in [2.75, 3.05) is 5.73 Å². The van der Waals surface area contributed by atoms with Gasteiger partial charge in [-0.3, -0.25) is 0 Å². The molecular formula is C14H11Cl2N5. The van der Waals surface area contributed by atoms with Gasteiger partial charge in [0.2, 0.25) is 0 Å². The van der Waals surface area contributed by atoms with Gasteiger partial charge in [0.25, 0.3) is 0 Å². The van der Waals surface area contributed by atoms with E-state index < -0.39 is 0 Å². The SMILES string of the molecule is Cc1ccc(-n2nnnc2-c2ccc(N)cc2Cl)c(Cl)c1. The van der Waals surface area contributed by atoms with Crippen LogP contribution in [0.5, 0.6) is 0 Å². The van der Waals surface area contributed by atoms with Crippen LogP contribution in [-0.4, -0.2) is 20.2 Å². The maximum absolute atomic E-state index is 6.28.